The lowest BCUT2D eigenvalue weighted by Gasteiger charge is -2.52. The Bertz CT molecular complexity index is 1560. The Hall–Kier alpha value is -3.27. The van der Waals surface area contributed by atoms with E-state index in [-0.39, 0.29) is 10.9 Å². The SMILES string of the molecule is CN1CCC2(CC1)CC(CCOc1cc3ncnc(Nc4ccc(F)c(Cl)c4)c3cc1NC(=O)C=CCN1CC3CC3C1)C2. The monoisotopic (exact) mass is 618 g/mol. The van der Waals surface area contributed by atoms with Gasteiger partial charge in [-0.1, -0.05) is 17.7 Å². The average molecular weight is 619 g/mol. The minimum atomic E-state index is -0.491. The van der Waals surface area contributed by atoms with Gasteiger partial charge < -0.3 is 20.3 Å². The lowest BCUT2D eigenvalue weighted by atomic mass is 9.57. The highest BCUT2D eigenvalue weighted by Crippen LogP contribution is 2.53. The second-order valence-corrected chi connectivity index (χ2v) is 13.8. The molecule has 2 unspecified atom stereocenters. The van der Waals surface area contributed by atoms with Crippen LogP contribution in [0.5, 0.6) is 5.75 Å². The van der Waals surface area contributed by atoms with Crippen molar-refractivity contribution in [1.29, 1.82) is 0 Å². The van der Waals surface area contributed by atoms with E-state index in [1.807, 2.05) is 18.2 Å². The maximum absolute atomic E-state index is 13.7. The number of anilines is 3. The molecule has 1 amide bonds. The first-order chi connectivity index (χ1) is 21.3. The van der Waals surface area contributed by atoms with Gasteiger partial charge in [-0.3, -0.25) is 9.69 Å². The van der Waals surface area contributed by atoms with E-state index in [1.54, 1.807) is 12.1 Å². The van der Waals surface area contributed by atoms with E-state index in [0.717, 1.165) is 37.9 Å². The fourth-order valence-electron chi connectivity index (χ4n) is 7.44. The van der Waals surface area contributed by atoms with E-state index in [0.29, 0.717) is 51.8 Å². The molecule has 44 heavy (non-hydrogen) atoms. The van der Waals surface area contributed by atoms with Gasteiger partial charge in [-0.2, -0.15) is 0 Å². The zero-order chi connectivity index (χ0) is 30.3. The summed E-state index contributed by atoms with van der Waals surface area (Å²) in [6.07, 6.45) is 12.5. The van der Waals surface area contributed by atoms with Crippen molar-refractivity contribution in [3.05, 3.63) is 59.7 Å². The number of fused-ring (bicyclic) bond motifs is 2. The number of carbonyl (C=O) groups is 1. The van der Waals surface area contributed by atoms with Gasteiger partial charge in [0.2, 0.25) is 5.91 Å². The molecule has 0 radical (unpaired) electrons. The summed E-state index contributed by atoms with van der Waals surface area (Å²) in [5, 5.41) is 6.97. The lowest BCUT2D eigenvalue weighted by molar-refractivity contribution is -0.111. The molecular formula is C34H40ClFN6O2. The van der Waals surface area contributed by atoms with Crippen LogP contribution in [0.1, 0.15) is 38.5 Å². The number of ether oxygens (including phenoxy) is 1. The maximum Gasteiger partial charge on any atom is 0.248 e. The molecular weight excluding hydrogens is 579 g/mol. The van der Waals surface area contributed by atoms with Gasteiger partial charge in [0.05, 0.1) is 22.8 Å². The second-order valence-electron chi connectivity index (χ2n) is 13.4. The van der Waals surface area contributed by atoms with Crippen LogP contribution in [-0.4, -0.2) is 72.1 Å². The summed E-state index contributed by atoms with van der Waals surface area (Å²) in [7, 11) is 2.21. The first kappa shape index (κ1) is 29.4. The normalized spacial score (nSPS) is 23.2. The Morgan fingerprint density at radius 1 is 1.16 bits per heavy atom. The molecule has 2 aromatic carbocycles. The van der Waals surface area contributed by atoms with Crippen molar-refractivity contribution in [2.75, 3.05) is 57.0 Å². The summed E-state index contributed by atoms with van der Waals surface area (Å²) in [4.78, 5) is 26.8. The van der Waals surface area contributed by atoms with Crippen LogP contribution in [-0.2, 0) is 4.79 Å². The molecule has 2 N–H and O–H groups in total. The number of halogens is 2. The van der Waals surface area contributed by atoms with E-state index in [4.69, 9.17) is 16.3 Å². The molecule has 7 rings (SSSR count). The Balaban J connectivity index is 1.06. The van der Waals surface area contributed by atoms with Crippen molar-refractivity contribution in [3.63, 3.8) is 0 Å². The van der Waals surface area contributed by atoms with Crippen LogP contribution in [0.25, 0.3) is 10.9 Å². The summed E-state index contributed by atoms with van der Waals surface area (Å²) in [5.41, 5.74) is 2.36. The van der Waals surface area contributed by atoms with Gasteiger partial charge in [-0.05, 0) is 106 Å². The highest BCUT2D eigenvalue weighted by molar-refractivity contribution is 6.31. The smallest absolute Gasteiger partial charge is 0.248 e. The summed E-state index contributed by atoms with van der Waals surface area (Å²) >= 11 is 6.00. The van der Waals surface area contributed by atoms with Crippen molar-refractivity contribution in [2.24, 2.45) is 23.2 Å². The van der Waals surface area contributed by atoms with Crippen LogP contribution in [0.3, 0.4) is 0 Å². The Kier molecular flexibility index (Phi) is 8.20. The summed E-state index contributed by atoms with van der Waals surface area (Å²) in [6, 6.07) is 8.11. The number of rotatable bonds is 10. The number of nitrogens with zero attached hydrogens (tertiary/aromatic N) is 4. The quantitative estimate of drug-likeness (QED) is 0.251. The molecule has 0 bridgehead atoms. The molecule has 4 fully saturated rings. The molecule has 2 saturated heterocycles. The highest BCUT2D eigenvalue weighted by Gasteiger charge is 2.45. The zero-order valence-electron chi connectivity index (χ0n) is 25.2. The first-order valence-corrected chi connectivity index (χ1v) is 16.2. The molecule has 2 aliphatic carbocycles. The van der Waals surface area contributed by atoms with Crippen molar-refractivity contribution in [2.45, 2.75) is 38.5 Å². The number of aromatic nitrogens is 2. The molecule has 2 atom stereocenters. The number of amides is 1. The van der Waals surface area contributed by atoms with Crippen molar-refractivity contribution in [1.82, 2.24) is 19.8 Å². The van der Waals surface area contributed by atoms with Gasteiger partial charge in [-0.25, -0.2) is 14.4 Å². The highest BCUT2D eigenvalue weighted by atomic mass is 35.5. The largest absolute Gasteiger partial charge is 0.491 e. The van der Waals surface area contributed by atoms with Gasteiger partial charge >= 0.3 is 0 Å². The first-order valence-electron chi connectivity index (χ1n) is 15.8. The fourth-order valence-corrected chi connectivity index (χ4v) is 7.63. The van der Waals surface area contributed by atoms with Crippen LogP contribution in [0.15, 0.2) is 48.8 Å². The minimum Gasteiger partial charge on any atom is -0.491 e. The minimum absolute atomic E-state index is 0.0166. The molecule has 3 heterocycles. The number of benzene rings is 2. The third-order valence-electron chi connectivity index (χ3n) is 10.1. The van der Waals surface area contributed by atoms with Crippen LogP contribution >= 0.6 is 11.6 Å². The molecule has 2 saturated carbocycles. The van der Waals surface area contributed by atoms with E-state index < -0.39 is 5.82 Å². The zero-order valence-corrected chi connectivity index (χ0v) is 26.0. The van der Waals surface area contributed by atoms with Gasteiger partial charge in [0.1, 0.15) is 23.7 Å². The summed E-state index contributed by atoms with van der Waals surface area (Å²) in [5.74, 6) is 2.80. The number of hydrogen-bond donors (Lipinski definition) is 2. The topological polar surface area (TPSA) is 82.6 Å². The lowest BCUT2D eigenvalue weighted by Crippen LogP contribution is -2.46. The Morgan fingerprint density at radius 3 is 2.73 bits per heavy atom. The van der Waals surface area contributed by atoms with Gasteiger partial charge in [0.15, 0.2) is 0 Å². The van der Waals surface area contributed by atoms with Gasteiger partial charge in [0, 0.05) is 42.9 Å². The predicted octanol–water partition coefficient (Wildman–Crippen LogP) is 6.50. The molecule has 2 aliphatic heterocycles. The van der Waals surface area contributed by atoms with Gasteiger partial charge in [0.25, 0.3) is 0 Å². The molecule has 10 heteroatoms. The van der Waals surface area contributed by atoms with Crippen LogP contribution < -0.4 is 15.4 Å². The maximum atomic E-state index is 13.7. The van der Waals surface area contributed by atoms with Crippen LogP contribution in [0.2, 0.25) is 5.02 Å². The predicted molar refractivity (Wildman–Crippen MR) is 172 cm³/mol. The summed E-state index contributed by atoms with van der Waals surface area (Å²) < 4.78 is 20.1. The molecule has 4 aliphatic rings. The number of hydrogen-bond acceptors (Lipinski definition) is 7. The molecule has 8 nitrogen and oxygen atoms in total. The van der Waals surface area contributed by atoms with E-state index in [9.17, 15) is 9.18 Å². The molecule has 1 aromatic heterocycles. The van der Waals surface area contributed by atoms with Crippen molar-refractivity contribution >= 4 is 45.6 Å². The number of piperidine rings is 2. The third-order valence-corrected chi connectivity index (χ3v) is 10.4. The van der Waals surface area contributed by atoms with E-state index >= 15 is 0 Å². The fraction of sp³-hybridized carbons (Fsp3) is 0.500. The molecule has 232 valence electrons. The van der Waals surface area contributed by atoms with Crippen LogP contribution in [0, 0.1) is 29.0 Å². The standard InChI is InChI=1S/C34H40ClFN6O2/c1-41-10-7-34(8-11-41)17-22(18-34)6-12-44-31-16-29-26(33(38-21-37-29)39-25-4-5-28(36)27(35)14-25)15-30(31)40-32(43)3-2-9-42-19-23-13-24(23)20-42/h2-5,14-16,21-24H,6-13,17-20H2,1H3,(H,40,43)(H,37,38,39). The molecule has 3 aromatic rings. The Morgan fingerprint density at radius 2 is 1.95 bits per heavy atom. The Labute approximate surface area is 263 Å². The van der Waals surface area contributed by atoms with E-state index in [2.05, 4.69) is 37.4 Å². The summed E-state index contributed by atoms with van der Waals surface area (Å²) in [6.45, 7) is 6.02. The number of nitrogens with one attached hydrogen (secondary N) is 2. The number of carbonyl (C=O) groups excluding carboxylic acids is 1. The van der Waals surface area contributed by atoms with Crippen molar-refractivity contribution in [3.8, 4) is 5.75 Å². The van der Waals surface area contributed by atoms with Crippen molar-refractivity contribution < 1.29 is 13.9 Å². The van der Waals surface area contributed by atoms with Crippen LogP contribution in [0.4, 0.5) is 21.6 Å². The van der Waals surface area contributed by atoms with Gasteiger partial charge in [-0.15, -0.1) is 0 Å². The third kappa shape index (κ3) is 6.55. The average Bonchev–Trinajstić information content (AvgIpc) is 3.60. The number of likely N-dealkylation sites (tertiary alicyclic amines) is 2. The second kappa shape index (κ2) is 12.3. The van der Waals surface area contributed by atoms with E-state index in [1.165, 1.54) is 63.7 Å². The molecule has 1 spiro atoms.